The quantitative estimate of drug-likeness (QED) is 0.787. The molecule has 1 aliphatic carbocycles. The van der Waals surface area contributed by atoms with E-state index in [1.807, 2.05) is 13.8 Å². The van der Waals surface area contributed by atoms with Crippen molar-refractivity contribution >= 4 is 28.5 Å². The fourth-order valence-electron chi connectivity index (χ4n) is 1.93. The molecule has 0 bridgehead atoms. The molecule has 1 aliphatic heterocycles. The van der Waals surface area contributed by atoms with Crippen molar-refractivity contribution in [1.29, 1.82) is 0 Å². The molecule has 0 aromatic rings. The van der Waals surface area contributed by atoms with Crippen molar-refractivity contribution in [3.8, 4) is 0 Å². The largest absolute Gasteiger partial charge is 0.469 e. The number of hydrogen-bond donors (Lipinski definition) is 1. The number of hydrogen-bond acceptors (Lipinski definition) is 3. The third kappa shape index (κ3) is 1.87. The summed E-state index contributed by atoms with van der Waals surface area (Å²) >= 11 is 2.11. The third-order valence-corrected chi connectivity index (χ3v) is 3.84. The predicted octanol–water partition coefficient (Wildman–Crippen LogP) is 1.69. The molecule has 2 rings (SSSR count). The van der Waals surface area contributed by atoms with E-state index in [4.69, 9.17) is 9.47 Å². The Balaban J connectivity index is 2.04. The van der Waals surface area contributed by atoms with Crippen LogP contribution in [0.2, 0.25) is 0 Å². The van der Waals surface area contributed by atoms with Crippen LogP contribution in [0.3, 0.4) is 0 Å². The average molecular weight is 323 g/mol. The Labute approximate surface area is 103 Å². The Hall–Kier alpha value is -0.300. The van der Waals surface area contributed by atoms with Crippen LogP contribution in [0.15, 0.2) is 9.46 Å². The smallest absolute Gasteiger partial charge is 0.268 e. The first-order chi connectivity index (χ1) is 7.07. The molecule has 1 N–H and O–H groups in total. The Morgan fingerprint density at radius 2 is 2.33 bits per heavy atom. The van der Waals surface area contributed by atoms with Gasteiger partial charge in [-0.25, -0.2) is 0 Å². The number of carbonyl (C=O) groups is 1. The second kappa shape index (κ2) is 3.93. The predicted molar refractivity (Wildman–Crippen MR) is 63.3 cm³/mol. The summed E-state index contributed by atoms with van der Waals surface area (Å²) in [5, 5.41) is 2.84. The lowest BCUT2D eigenvalue weighted by Crippen LogP contribution is -2.61. The van der Waals surface area contributed by atoms with Crippen molar-refractivity contribution < 1.29 is 14.3 Å². The fourth-order valence-corrected chi connectivity index (χ4v) is 2.48. The van der Waals surface area contributed by atoms with Gasteiger partial charge in [0.1, 0.15) is 0 Å². The first kappa shape index (κ1) is 11.2. The van der Waals surface area contributed by atoms with Crippen LogP contribution in [0.25, 0.3) is 0 Å². The number of nitrogens with one attached hydrogen (secondary N) is 1. The molecule has 15 heavy (non-hydrogen) atoms. The van der Waals surface area contributed by atoms with Crippen molar-refractivity contribution in [3.63, 3.8) is 0 Å². The van der Waals surface area contributed by atoms with E-state index in [-0.39, 0.29) is 12.0 Å². The maximum atomic E-state index is 11.8. The summed E-state index contributed by atoms with van der Waals surface area (Å²) in [5.74, 6) is -0.0311. The second-order valence-electron chi connectivity index (χ2n) is 3.93. The lowest BCUT2D eigenvalue weighted by atomic mass is 9.76. The van der Waals surface area contributed by atoms with Crippen LogP contribution in [-0.4, -0.2) is 24.2 Å². The molecule has 2 aliphatic rings. The standard InChI is InChI=1S/C10H14INO3/c1-3-14-7-4-10(5-7)9(13)12-6(2)8(11)15-10/h7H,3-5H2,1-2H3,(H,12,13). The van der Waals surface area contributed by atoms with E-state index in [1.54, 1.807) is 0 Å². The van der Waals surface area contributed by atoms with Gasteiger partial charge in [0, 0.05) is 42.0 Å². The molecule has 4 nitrogen and oxygen atoms in total. The zero-order valence-electron chi connectivity index (χ0n) is 8.80. The molecule has 0 aromatic carbocycles. The lowest BCUT2D eigenvalue weighted by Gasteiger charge is -2.47. The van der Waals surface area contributed by atoms with E-state index in [9.17, 15) is 4.79 Å². The molecular formula is C10H14INO3. The van der Waals surface area contributed by atoms with Crippen LogP contribution in [-0.2, 0) is 14.3 Å². The summed E-state index contributed by atoms with van der Waals surface area (Å²) in [7, 11) is 0. The van der Waals surface area contributed by atoms with Crippen molar-refractivity contribution in [2.24, 2.45) is 0 Å². The highest BCUT2D eigenvalue weighted by atomic mass is 127. The number of rotatable bonds is 2. The van der Waals surface area contributed by atoms with Gasteiger partial charge in [-0.2, -0.15) is 0 Å². The van der Waals surface area contributed by atoms with Crippen LogP contribution in [0, 0.1) is 0 Å². The molecule has 0 aromatic heterocycles. The lowest BCUT2D eigenvalue weighted by molar-refractivity contribution is -0.175. The van der Waals surface area contributed by atoms with Gasteiger partial charge in [-0.05, 0) is 13.8 Å². The normalized spacial score (nSPS) is 34.9. The number of carbonyl (C=O) groups excluding carboxylic acids is 1. The second-order valence-corrected chi connectivity index (χ2v) is 4.91. The summed E-state index contributed by atoms with van der Waals surface area (Å²) in [6.45, 7) is 4.49. The van der Waals surface area contributed by atoms with Crippen LogP contribution < -0.4 is 5.32 Å². The Morgan fingerprint density at radius 3 is 2.93 bits per heavy atom. The Kier molecular flexibility index (Phi) is 2.94. The minimum absolute atomic E-state index is 0.0311. The van der Waals surface area contributed by atoms with E-state index in [0.29, 0.717) is 19.4 Å². The molecule has 0 saturated heterocycles. The van der Waals surface area contributed by atoms with Crippen LogP contribution in [0.4, 0.5) is 0 Å². The molecule has 84 valence electrons. The van der Waals surface area contributed by atoms with Gasteiger partial charge in [0.15, 0.2) is 9.37 Å². The van der Waals surface area contributed by atoms with E-state index < -0.39 is 5.60 Å². The van der Waals surface area contributed by atoms with E-state index in [1.165, 1.54) is 0 Å². The maximum Gasteiger partial charge on any atom is 0.268 e. The minimum Gasteiger partial charge on any atom is -0.469 e. The molecule has 1 saturated carbocycles. The highest BCUT2D eigenvalue weighted by molar-refractivity contribution is 14.1. The number of amides is 1. The van der Waals surface area contributed by atoms with Crippen molar-refractivity contribution in [2.45, 2.75) is 38.4 Å². The SMILES string of the molecule is CCOC1CC2(C1)OC(I)=C(C)NC2=O. The van der Waals surface area contributed by atoms with E-state index in [2.05, 4.69) is 27.9 Å². The number of ether oxygens (including phenoxy) is 2. The molecule has 1 heterocycles. The van der Waals surface area contributed by atoms with Gasteiger partial charge in [0.2, 0.25) is 0 Å². The molecular weight excluding hydrogens is 309 g/mol. The molecule has 1 spiro atoms. The van der Waals surface area contributed by atoms with Crippen LogP contribution >= 0.6 is 22.6 Å². The topological polar surface area (TPSA) is 47.6 Å². The summed E-state index contributed by atoms with van der Waals surface area (Å²) in [6, 6.07) is 0. The molecule has 1 fully saturated rings. The Morgan fingerprint density at radius 1 is 1.67 bits per heavy atom. The fraction of sp³-hybridized carbons (Fsp3) is 0.700. The summed E-state index contributed by atoms with van der Waals surface area (Å²) in [4.78, 5) is 11.8. The molecule has 0 unspecified atom stereocenters. The molecule has 5 heteroatoms. The molecule has 1 amide bonds. The highest BCUT2D eigenvalue weighted by Crippen LogP contribution is 2.43. The van der Waals surface area contributed by atoms with Crippen LogP contribution in [0.1, 0.15) is 26.7 Å². The summed E-state index contributed by atoms with van der Waals surface area (Å²) < 4.78 is 11.9. The summed E-state index contributed by atoms with van der Waals surface area (Å²) in [6.07, 6.45) is 1.49. The highest BCUT2D eigenvalue weighted by Gasteiger charge is 2.55. The first-order valence-electron chi connectivity index (χ1n) is 5.06. The van der Waals surface area contributed by atoms with E-state index >= 15 is 0 Å². The number of allylic oxidation sites excluding steroid dienone is 1. The van der Waals surface area contributed by atoms with Gasteiger partial charge in [-0.3, -0.25) is 4.79 Å². The monoisotopic (exact) mass is 323 g/mol. The minimum atomic E-state index is -0.657. The van der Waals surface area contributed by atoms with Gasteiger partial charge < -0.3 is 14.8 Å². The molecule has 0 radical (unpaired) electrons. The zero-order valence-corrected chi connectivity index (χ0v) is 11.0. The van der Waals surface area contributed by atoms with Gasteiger partial charge >= 0.3 is 0 Å². The van der Waals surface area contributed by atoms with E-state index in [0.717, 1.165) is 9.46 Å². The third-order valence-electron chi connectivity index (χ3n) is 2.81. The molecule has 0 atom stereocenters. The van der Waals surface area contributed by atoms with Gasteiger partial charge in [-0.1, -0.05) is 0 Å². The van der Waals surface area contributed by atoms with Gasteiger partial charge in [0.05, 0.1) is 11.8 Å². The average Bonchev–Trinajstić information content (AvgIpc) is 2.11. The van der Waals surface area contributed by atoms with Crippen molar-refractivity contribution in [2.75, 3.05) is 6.61 Å². The maximum absolute atomic E-state index is 11.8. The van der Waals surface area contributed by atoms with Crippen molar-refractivity contribution in [3.05, 3.63) is 9.46 Å². The first-order valence-corrected chi connectivity index (χ1v) is 6.14. The summed E-state index contributed by atoms with van der Waals surface area (Å²) in [5.41, 5.74) is 0.140. The number of halogens is 1. The van der Waals surface area contributed by atoms with Gasteiger partial charge in [-0.15, -0.1) is 0 Å². The zero-order chi connectivity index (χ0) is 11.1. The Bertz CT molecular complexity index is 321. The van der Waals surface area contributed by atoms with Crippen LogP contribution in [0.5, 0.6) is 0 Å². The van der Waals surface area contributed by atoms with Crippen molar-refractivity contribution in [1.82, 2.24) is 5.32 Å². The van der Waals surface area contributed by atoms with Gasteiger partial charge in [0.25, 0.3) is 5.91 Å².